The molecule has 1 saturated heterocycles. The molecule has 118 valence electrons. The quantitative estimate of drug-likeness (QED) is 0.540. The molecule has 0 amide bonds. The molecule has 1 heterocycles. The molecule has 2 bridgehead atoms. The zero-order valence-electron chi connectivity index (χ0n) is 14.2. The van der Waals surface area contributed by atoms with Gasteiger partial charge in [-0.3, -0.25) is 0 Å². The number of unbranched alkanes of at least 4 members (excludes halogenated alkanes) is 2. The molecule has 4 saturated carbocycles. The molecule has 21 heavy (non-hydrogen) atoms. The van der Waals surface area contributed by atoms with Gasteiger partial charge in [0.2, 0.25) is 0 Å². The summed E-state index contributed by atoms with van der Waals surface area (Å²) in [6.45, 7) is 9.48. The van der Waals surface area contributed by atoms with E-state index in [0.29, 0.717) is 17.3 Å². The van der Waals surface area contributed by atoms with Crippen molar-refractivity contribution in [1.29, 1.82) is 0 Å². The molecule has 0 spiro atoms. The SMILES string of the molecule is CCCCC[C@@H]1C[C@H]1B1OC2[C@H]3C[C@@H](C[C@@]2(C)O1)C3(C)C. The molecule has 5 fully saturated rings. The molecule has 0 N–H and O–H groups in total. The Hall–Kier alpha value is -0.0151. The Labute approximate surface area is 130 Å². The van der Waals surface area contributed by atoms with E-state index in [1.54, 1.807) is 0 Å². The van der Waals surface area contributed by atoms with Crippen molar-refractivity contribution >= 4 is 7.12 Å². The molecule has 3 heteroatoms. The van der Waals surface area contributed by atoms with Crippen LogP contribution < -0.4 is 0 Å². The normalized spacial score (nSPS) is 49.7. The molecular formula is C18H31BO2. The second kappa shape index (κ2) is 4.74. The largest absolute Gasteiger partial charge is 0.461 e. The Morgan fingerprint density at radius 1 is 1.14 bits per heavy atom. The molecule has 5 rings (SSSR count). The lowest BCUT2D eigenvalue weighted by Gasteiger charge is -2.63. The van der Waals surface area contributed by atoms with Gasteiger partial charge in [0.25, 0.3) is 0 Å². The number of rotatable bonds is 5. The first kappa shape index (κ1) is 14.6. The first-order chi connectivity index (χ1) is 9.95. The van der Waals surface area contributed by atoms with E-state index >= 15 is 0 Å². The predicted molar refractivity (Wildman–Crippen MR) is 86.1 cm³/mol. The zero-order valence-corrected chi connectivity index (χ0v) is 14.2. The minimum absolute atomic E-state index is 0.0182. The molecule has 1 unspecified atom stereocenters. The Morgan fingerprint density at radius 2 is 1.95 bits per heavy atom. The highest BCUT2D eigenvalue weighted by atomic mass is 16.7. The monoisotopic (exact) mass is 290 g/mol. The summed E-state index contributed by atoms with van der Waals surface area (Å²) >= 11 is 0. The lowest BCUT2D eigenvalue weighted by molar-refractivity contribution is -0.185. The maximum atomic E-state index is 6.49. The third-order valence-electron chi connectivity index (χ3n) is 7.34. The minimum Gasteiger partial charge on any atom is -0.405 e. The van der Waals surface area contributed by atoms with Crippen molar-refractivity contribution in [2.75, 3.05) is 0 Å². The maximum Gasteiger partial charge on any atom is 0.461 e. The van der Waals surface area contributed by atoms with E-state index in [9.17, 15) is 0 Å². The highest BCUT2D eigenvalue weighted by Crippen LogP contribution is 2.66. The molecule has 6 atom stereocenters. The number of hydrogen-bond donors (Lipinski definition) is 0. The maximum absolute atomic E-state index is 6.49. The topological polar surface area (TPSA) is 18.5 Å². The Bertz CT molecular complexity index is 423. The van der Waals surface area contributed by atoms with Crippen LogP contribution in [-0.2, 0) is 9.31 Å². The van der Waals surface area contributed by atoms with E-state index in [0.717, 1.165) is 17.8 Å². The van der Waals surface area contributed by atoms with Crippen LogP contribution in [0.5, 0.6) is 0 Å². The molecular weight excluding hydrogens is 259 g/mol. The average molecular weight is 290 g/mol. The van der Waals surface area contributed by atoms with Crippen molar-refractivity contribution in [3.8, 4) is 0 Å². The molecule has 5 aliphatic rings. The first-order valence-electron chi connectivity index (χ1n) is 9.29. The summed E-state index contributed by atoms with van der Waals surface area (Å²) < 4.78 is 13.0. The molecule has 0 aromatic carbocycles. The lowest BCUT2D eigenvalue weighted by atomic mass is 9.45. The third-order valence-corrected chi connectivity index (χ3v) is 7.34. The van der Waals surface area contributed by atoms with Gasteiger partial charge < -0.3 is 9.31 Å². The fourth-order valence-corrected chi connectivity index (χ4v) is 5.52. The van der Waals surface area contributed by atoms with E-state index in [4.69, 9.17) is 9.31 Å². The summed E-state index contributed by atoms with van der Waals surface area (Å²) in [6.07, 6.45) is 9.77. The van der Waals surface area contributed by atoms with Gasteiger partial charge in [0.15, 0.2) is 0 Å². The fraction of sp³-hybridized carbons (Fsp3) is 1.00. The summed E-state index contributed by atoms with van der Waals surface area (Å²) in [7, 11) is 0.113. The van der Waals surface area contributed by atoms with Crippen LogP contribution in [-0.4, -0.2) is 18.8 Å². The summed E-state index contributed by atoms with van der Waals surface area (Å²) in [6, 6.07) is 0. The van der Waals surface area contributed by atoms with Gasteiger partial charge in [-0.2, -0.15) is 0 Å². The van der Waals surface area contributed by atoms with Crippen LogP contribution in [0.2, 0.25) is 5.82 Å². The predicted octanol–water partition coefficient (Wildman–Crippen LogP) is 4.69. The van der Waals surface area contributed by atoms with Crippen LogP contribution in [0.4, 0.5) is 0 Å². The summed E-state index contributed by atoms with van der Waals surface area (Å²) in [4.78, 5) is 0. The van der Waals surface area contributed by atoms with E-state index < -0.39 is 0 Å². The minimum atomic E-state index is 0.0182. The molecule has 4 aliphatic carbocycles. The lowest BCUT2D eigenvalue weighted by Crippen LogP contribution is -2.63. The standard InChI is InChI=1S/C18H31BO2/c1-5-6-7-8-12-9-15(12)19-20-16-14-10-13(17(14,2)3)11-18(16,4)21-19/h12-16H,5-11H2,1-4H3/t12-,13+,14-,15-,16?,18-/m1/s1. The highest BCUT2D eigenvalue weighted by molar-refractivity contribution is 6.48. The molecule has 0 radical (unpaired) electrons. The van der Waals surface area contributed by atoms with E-state index in [1.165, 1.54) is 44.9 Å². The van der Waals surface area contributed by atoms with Crippen molar-refractivity contribution in [2.45, 2.75) is 90.2 Å². The van der Waals surface area contributed by atoms with E-state index in [1.807, 2.05) is 0 Å². The average Bonchev–Trinajstić information content (AvgIpc) is 3.11. The van der Waals surface area contributed by atoms with Crippen molar-refractivity contribution in [3.05, 3.63) is 0 Å². The van der Waals surface area contributed by atoms with Gasteiger partial charge in [0, 0.05) is 0 Å². The van der Waals surface area contributed by atoms with Gasteiger partial charge >= 0.3 is 7.12 Å². The van der Waals surface area contributed by atoms with Crippen LogP contribution >= 0.6 is 0 Å². The van der Waals surface area contributed by atoms with Crippen LogP contribution in [0.15, 0.2) is 0 Å². The van der Waals surface area contributed by atoms with Crippen LogP contribution in [0, 0.1) is 23.2 Å². The Kier molecular flexibility index (Phi) is 3.29. The van der Waals surface area contributed by atoms with Gasteiger partial charge in [0.05, 0.1) is 11.7 Å². The second-order valence-corrected chi connectivity index (χ2v) is 9.08. The smallest absolute Gasteiger partial charge is 0.405 e. The van der Waals surface area contributed by atoms with Gasteiger partial charge in [0.1, 0.15) is 0 Å². The number of hydrogen-bond acceptors (Lipinski definition) is 2. The fourth-order valence-electron chi connectivity index (χ4n) is 5.52. The second-order valence-electron chi connectivity index (χ2n) is 9.08. The zero-order chi connectivity index (χ0) is 14.8. The van der Waals surface area contributed by atoms with Gasteiger partial charge in [-0.25, -0.2) is 0 Å². The molecule has 0 aromatic heterocycles. The van der Waals surface area contributed by atoms with Crippen LogP contribution in [0.3, 0.4) is 0 Å². The van der Waals surface area contributed by atoms with E-state index in [2.05, 4.69) is 27.7 Å². The third kappa shape index (κ3) is 2.14. The summed E-state index contributed by atoms with van der Waals surface area (Å²) in [5, 5.41) is 0. The van der Waals surface area contributed by atoms with Gasteiger partial charge in [-0.15, -0.1) is 0 Å². The highest BCUT2D eigenvalue weighted by Gasteiger charge is 2.68. The molecule has 1 aliphatic heterocycles. The van der Waals surface area contributed by atoms with Crippen molar-refractivity contribution in [1.82, 2.24) is 0 Å². The van der Waals surface area contributed by atoms with Gasteiger partial charge in [-0.1, -0.05) is 46.5 Å². The molecule has 2 nitrogen and oxygen atoms in total. The molecule has 0 aromatic rings. The van der Waals surface area contributed by atoms with E-state index in [-0.39, 0.29) is 12.7 Å². The Morgan fingerprint density at radius 3 is 2.67 bits per heavy atom. The van der Waals surface area contributed by atoms with Crippen molar-refractivity contribution in [3.63, 3.8) is 0 Å². The van der Waals surface area contributed by atoms with Crippen molar-refractivity contribution in [2.24, 2.45) is 23.2 Å². The van der Waals surface area contributed by atoms with Crippen molar-refractivity contribution < 1.29 is 9.31 Å². The summed E-state index contributed by atoms with van der Waals surface area (Å²) in [5.41, 5.74) is 0.497. The van der Waals surface area contributed by atoms with Crippen LogP contribution in [0.1, 0.15) is 72.6 Å². The Balaban J connectivity index is 1.37. The van der Waals surface area contributed by atoms with Crippen LogP contribution in [0.25, 0.3) is 0 Å². The first-order valence-corrected chi connectivity index (χ1v) is 9.29. The summed E-state index contributed by atoms with van der Waals surface area (Å²) in [5.74, 6) is 3.16. The van der Waals surface area contributed by atoms with Gasteiger partial charge in [-0.05, 0) is 55.2 Å².